The quantitative estimate of drug-likeness (QED) is 0.815. The van der Waals surface area contributed by atoms with E-state index in [1.54, 1.807) is 18.7 Å². The molecule has 4 heteroatoms. The Labute approximate surface area is 136 Å². The van der Waals surface area contributed by atoms with Crippen LogP contribution in [0.2, 0.25) is 0 Å². The number of carboxylic acids is 1. The van der Waals surface area contributed by atoms with Crippen molar-refractivity contribution in [2.24, 2.45) is 0 Å². The molecule has 0 aliphatic carbocycles. The van der Waals surface area contributed by atoms with Gasteiger partial charge in [0.05, 0.1) is 5.69 Å². The standard InChI is InChI=1S/C18H21NO2S/c1-3-13-19(14(2)18(20)21)16-11-7-8-12-17(16)22-15-9-5-4-6-10-15/h4-12,14H,3,13H2,1-2H3,(H,20,21)/t14-/m1/s1. The Hall–Kier alpha value is -1.94. The third-order valence-electron chi connectivity index (χ3n) is 3.44. The zero-order valence-electron chi connectivity index (χ0n) is 12.9. The first-order chi connectivity index (χ1) is 10.6. The predicted molar refractivity (Wildman–Crippen MR) is 91.7 cm³/mol. The average molecular weight is 315 g/mol. The van der Waals surface area contributed by atoms with Gasteiger partial charge in [-0.2, -0.15) is 0 Å². The van der Waals surface area contributed by atoms with Gasteiger partial charge in [0, 0.05) is 16.3 Å². The van der Waals surface area contributed by atoms with Gasteiger partial charge in [-0.05, 0) is 37.6 Å². The Bertz CT molecular complexity index is 615. The maximum absolute atomic E-state index is 11.4. The van der Waals surface area contributed by atoms with E-state index in [1.165, 1.54) is 0 Å². The summed E-state index contributed by atoms with van der Waals surface area (Å²) in [7, 11) is 0. The molecule has 0 aliphatic rings. The van der Waals surface area contributed by atoms with Crippen LogP contribution in [-0.2, 0) is 4.79 Å². The fraction of sp³-hybridized carbons (Fsp3) is 0.278. The molecule has 116 valence electrons. The number of carbonyl (C=O) groups is 1. The van der Waals surface area contributed by atoms with Gasteiger partial charge in [-0.25, -0.2) is 4.79 Å². The lowest BCUT2D eigenvalue weighted by Crippen LogP contribution is -2.39. The Morgan fingerprint density at radius 2 is 1.77 bits per heavy atom. The summed E-state index contributed by atoms with van der Waals surface area (Å²) in [5.74, 6) is -0.798. The maximum Gasteiger partial charge on any atom is 0.326 e. The Balaban J connectivity index is 2.34. The van der Waals surface area contributed by atoms with E-state index in [1.807, 2.05) is 47.4 Å². The number of anilines is 1. The van der Waals surface area contributed by atoms with Crippen LogP contribution in [0.4, 0.5) is 5.69 Å². The highest BCUT2D eigenvalue weighted by atomic mass is 32.2. The van der Waals surface area contributed by atoms with E-state index in [4.69, 9.17) is 0 Å². The van der Waals surface area contributed by atoms with Crippen LogP contribution in [0.3, 0.4) is 0 Å². The zero-order chi connectivity index (χ0) is 15.9. The number of hydrogen-bond acceptors (Lipinski definition) is 3. The van der Waals surface area contributed by atoms with Crippen molar-refractivity contribution in [1.29, 1.82) is 0 Å². The van der Waals surface area contributed by atoms with Crippen molar-refractivity contribution < 1.29 is 9.90 Å². The number of carboxylic acid groups (broad SMARTS) is 1. The van der Waals surface area contributed by atoms with Gasteiger partial charge in [0.25, 0.3) is 0 Å². The molecule has 0 radical (unpaired) electrons. The molecule has 0 saturated heterocycles. The highest BCUT2D eigenvalue weighted by Crippen LogP contribution is 2.36. The monoisotopic (exact) mass is 315 g/mol. The molecule has 2 aromatic carbocycles. The molecule has 3 nitrogen and oxygen atoms in total. The van der Waals surface area contributed by atoms with E-state index in [-0.39, 0.29) is 0 Å². The second-order valence-electron chi connectivity index (χ2n) is 5.09. The first-order valence-electron chi connectivity index (χ1n) is 7.45. The summed E-state index contributed by atoms with van der Waals surface area (Å²) in [5.41, 5.74) is 0.980. The second kappa shape index (κ2) is 7.90. The Kier molecular flexibility index (Phi) is 5.90. The van der Waals surface area contributed by atoms with Crippen LogP contribution in [0.1, 0.15) is 20.3 Å². The van der Waals surface area contributed by atoms with Crippen molar-refractivity contribution in [1.82, 2.24) is 0 Å². The summed E-state index contributed by atoms with van der Waals surface area (Å²) in [6.07, 6.45) is 0.905. The topological polar surface area (TPSA) is 40.5 Å². The van der Waals surface area contributed by atoms with Crippen molar-refractivity contribution in [3.8, 4) is 0 Å². The van der Waals surface area contributed by atoms with Crippen LogP contribution in [0.15, 0.2) is 64.4 Å². The normalized spacial score (nSPS) is 11.9. The second-order valence-corrected chi connectivity index (χ2v) is 6.21. The van der Waals surface area contributed by atoms with E-state index < -0.39 is 12.0 Å². The third kappa shape index (κ3) is 4.04. The summed E-state index contributed by atoms with van der Waals surface area (Å²) in [6, 6.07) is 17.6. The molecule has 0 fully saturated rings. The molecule has 0 saturated carbocycles. The first-order valence-corrected chi connectivity index (χ1v) is 8.26. The minimum Gasteiger partial charge on any atom is -0.480 e. The average Bonchev–Trinajstić information content (AvgIpc) is 2.54. The molecule has 0 aromatic heterocycles. The van der Waals surface area contributed by atoms with Gasteiger partial charge in [0.1, 0.15) is 6.04 Å². The maximum atomic E-state index is 11.4. The van der Waals surface area contributed by atoms with Crippen molar-refractivity contribution in [2.75, 3.05) is 11.4 Å². The van der Waals surface area contributed by atoms with Crippen LogP contribution in [0.25, 0.3) is 0 Å². The lowest BCUT2D eigenvalue weighted by atomic mass is 10.2. The van der Waals surface area contributed by atoms with Gasteiger partial charge in [0.2, 0.25) is 0 Å². The summed E-state index contributed by atoms with van der Waals surface area (Å²) >= 11 is 1.66. The van der Waals surface area contributed by atoms with Crippen LogP contribution in [0.5, 0.6) is 0 Å². The predicted octanol–water partition coefficient (Wildman–Crippen LogP) is 4.53. The van der Waals surface area contributed by atoms with Crippen molar-refractivity contribution in [3.63, 3.8) is 0 Å². The number of aliphatic carboxylic acids is 1. The first kappa shape index (κ1) is 16.4. The van der Waals surface area contributed by atoms with E-state index in [0.717, 1.165) is 28.4 Å². The molecule has 1 N–H and O–H groups in total. The number of benzene rings is 2. The molecular formula is C18H21NO2S. The molecule has 2 aromatic rings. The molecule has 1 atom stereocenters. The van der Waals surface area contributed by atoms with Crippen LogP contribution >= 0.6 is 11.8 Å². The highest BCUT2D eigenvalue weighted by Gasteiger charge is 2.22. The molecular weight excluding hydrogens is 294 g/mol. The zero-order valence-corrected chi connectivity index (χ0v) is 13.7. The minimum atomic E-state index is -0.798. The van der Waals surface area contributed by atoms with Crippen LogP contribution in [-0.4, -0.2) is 23.7 Å². The molecule has 2 rings (SSSR count). The molecule has 0 bridgehead atoms. The highest BCUT2D eigenvalue weighted by molar-refractivity contribution is 7.99. The number of rotatable bonds is 7. The van der Waals surface area contributed by atoms with Crippen LogP contribution in [0, 0.1) is 0 Å². The van der Waals surface area contributed by atoms with E-state index in [0.29, 0.717) is 0 Å². The minimum absolute atomic E-state index is 0.544. The summed E-state index contributed by atoms with van der Waals surface area (Å²) < 4.78 is 0. The van der Waals surface area contributed by atoms with Gasteiger partial charge < -0.3 is 10.0 Å². The van der Waals surface area contributed by atoms with Gasteiger partial charge in [-0.3, -0.25) is 0 Å². The fourth-order valence-corrected chi connectivity index (χ4v) is 3.28. The molecule has 0 heterocycles. The molecule has 0 amide bonds. The summed E-state index contributed by atoms with van der Waals surface area (Å²) in [4.78, 5) is 15.6. The summed E-state index contributed by atoms with van der Waals surface area (Å²) in [6.45, 7) is 4.52. The van der Waals surface area contributed by atoms with Gasteiger partial charge in [0.15, 0.2) is 0 Å². The smallest absolute Gasteiger partial charge is 0.326 e. The number of nitrogens with zero attached hydrogens (tertiary/aromatic N) is 1. The van der Waals surface area contributed by atoms with Crippen molar-refractivity contribution in [3.05, 3.63) is 54.6 Å². The van der Waals surface area contributed by atoms with E-state index >= 15 is 0 Å². The molecule has 22 heavy (non-hydrogen) atoms. The van der Waals surface area contributed by atoms with Gasteiger partial charge in [-0.15, -0.1) is 0 Å². The lowest BCUT2D eigenvalue weighted by Gasteiger charge is -2.30. The van der Waals surface area contributed by atoms with Crippen LogP contribution < -0.4 is 4.90 Å². The van der Waals surface area contributed by atoms with Crippen molar-refractivity contribution in [2.45, 2.75) is 36.1 Å². The molecule has 0 spiro atoms. The molecule has 0 unspecified atom stereocenters. The SMILES string of the molecule is CCCN(c1ccccc1Sc1ccccc1)[C@H](C)C(=O)O. The van der Waals surface area contributed by atoms with E-state index in [2.05, 4.69) is 19.1 Å². The molecule has 0 aliphatic heterocycles. The fourth-order valence-electron chi connectivity index (χ4n) is 2.29. The Morgan fingerprint density at radius 3 is 2.41 bits per heavy atom. The van der Waals surface area contributed by atoms with Gasteiger partial charge >= 0.3 is 5.97 Å². The van der Waals surface area contributed by atoms with Crippen molar-refractivity contribution >= 4 is 23.4 Å². The summed E-state index contributed by atoms with van der Waals surface area (Å²) in [5, 5.41) is 9.37. The van der Waals surface area contributed by atoms with E-state index in [9.17, 15) is 9.90 Å². The Morgan fingerprint density at radius 1 is 1.14 bits per heavy atom. The number of para-hydroxylation sites is 1. The lowest BCUT2D eigenvalue weighted by molar-refractivity contribution is -0.138. The third-order valence-corrected chi connectivity index (χ3v) is 4.51. The number of hydrogen-bond donors (Lipinski definition) is 1. The largest absolute Gasteiger partial charge is 0.480 e. The van der Waals surface area contributed by atoms with Gasteiger partial charge in [-0.1, -0.05) is 49.0 Å².